The van der Waals surface area contributed by atoms with Gasteiger partial charge < -0.3 is 10.5 Å². The molecule has 0 radical (unpaired) electrons. The van der Waals surface area contributed by atoms with Gasteiger partial charge in [-0.1, -0.05) is 12.1 Å². The first-order chi connectivity index (χ1) is 9.60. The van der Waals surface area contributed by atoms with E-state index in [1.54, 1.807) is 13.0 Å². The quantitative estimate of drug-likeness (QED) is 0.669. The number of rotatable bonds is 5. The highest BCUT2D eigenvalue weighted by Crippen LogP contribution is 2.28. The molecule has 2 aromatic carbocycles. The molecule has 104 valence electrons. The van der Waals surface area contributed by atoms with Crippen LogP contribution in [0.1, 0.15) is 11.1 Å². The van der Waals surface area contributed by atoms with Crippen molar-refractivity contribution >= 4 is 5.69 Å². The standard InChI is InChI=1S/C15H16N2O3/c1-11-10-13(17(18)19)4-7-15(11)20-14-5-2-12(3-6-14)8-9-16/h2-7,10H,8-9,16H2,1H3. The van der Waals surface area contributed by atoms with Crippen LogP contribution in [0.4, 0.5) is 5.69 Å². The molecule has 0 amide bonds. The Labute approximate surface area is 117 Å². The first kappa shape index (κ1) is 14.0. The van der Waals surface area contributed by atoms with Crippen molar-refractivity contribution in [3.63, 3.8) is 0 Å². The summed E-state index contributed by atoms with van der Waals surface area (Å²) in [6.07, 6.45) is 0.830. The van der Waals surface area contributed by atoms with E-state index in [0.717, 1.165) is 17.5 Å². The van der Waals surface area contributed by atoms with Gasteiger partial charge in [0.15, 0.2) is 0 Å². The molecule has 0 atom stereocenters. The van der Waals surface area contributed by atoms with Crippen molar-refractivity contribution in [1.82, 2.24) is 0 Å². The van der Waals surface area contributed by atoms with Gasteiger partial charge >= 0.3 is 0 Å². The normalized spacial score (nSPS) is 10.3. The zero-order valence-corrected chi connectivity index (χ0v) is 11.2. The van der Waals surface area contributed by atoms with Crippen LogP contribution < -0.4 is 10.5 Å². The van der Waals surface area contributed by atoms with E-state index in [-0.39, 0.29) is 5.69 Å². The second-order valence-electron chi connectivity index (χ2n) is 4.49. The molecule has 0 heterocycles. The molecular formula is C15H16N2O3. The second kappa shape index (κ2) is 6.16. The van der Waals surface area contributed by atoms with Gasteiger partial charge in [-0.3, -0.25) is 10.1 Å². The third-order valence-electron chi connectivity index (χ3n) is 2.95. The Bertz CT molecular complexity index is 609. The van der Waals surface area contributed by atoms with E-state index in [4.69, 9.17) is 10.5 Å². The maximum absolute atomic E-state index is 10.7. The van der Waals surface area contributed by atoms with Gasteiger partial charge in [0.1, 0.15) is 11.5 Å². The highest BCUT2D eigenvalue weighted by Gasteiger charge is 2.09. The number of benzene rings is 2. The van der Waals surface area contributed by atoms with Gasteiger partial charge in [0.2, 0.25) is 0 Å². The van der Waals surface area contributed by atoms with Gasteiger partial charge in [0.25, 0.3) is 5.69 Å². The molecule has 5 heteroatoms. The lowest BCUT2D eigenvalue weighted by Gasteiger charge is -2.09. The van der Waals surface area contributed by atoms with Crippen molar-refractivity contribution in [3.05, 3.63) is 63.7 Å². The molecule has 0 aliphatic rings. The predicted molar refractivity (Wildman–Crippen MR) is 77.1 cm³/mol. The van der Waals surface area contributed by atoms with E-state index in [1.165, 1.54) is 12.1 Å². The van der Waals surface area contributed by atoms with E-state index >= 15 is 0 Å². The van der Waals surface area contributed by atoms with Crippen LogP contribution in [0.3, 0.4) is 0 Å². The number of nitro groups is 1. The maximum atomic E-state index is 10.7. The average Bonchev–Trinajstić information content (AvgIpc) is 2.43. The Morgan fingerprint density at radius 1 is 1.20 bits per heavy atom. The maximum Gasteiger partial charge on any atom is 0.269 e. The van der Waals surface area contributed by atoms with Crippen LogP contribution in [0.25, 0.3) is 0 Å². The fraction of sp³-hybridized carbons (Fsp3) is 0.200. The predicted octanol–water partition coefficient (Wildman–Crippen LogP) is 3.20. The van der Waals surface area contributed by atoms with Crippen LogP contribution in [0.15, 0.2) is 42.5 Å². The number of hydrogen-bond donors (Lipinski definition) is 1. The van der Waals surface area contributed by atoms with Crippen LogP contribution in [0.2, 0.25) is 0 Å². The van der Waals surface area contributed by atoms with Gasteiger partial charge in [-0.2, -0.15) is 0 Å². The van der Waals surface area contributed by atoms with Gasteiger partial charge in [-0.05, 0) is 49.2 Å². The van der Waals surface area contributed by atoms with Crippen molar-refractivity contribution in [2.24, 2.45) is 5.73 Å². The molecule has 0 unspecified atom stereocenters. The summed E-state index contributed by atoms with van der Waals surface area (Å²) in [7, 11) is 0. The molecule has 0 aliphatic carbocycles. The first-order valence-corrected chi connectivity index (χ1v) is 6.32. The highest BCUT2D eigenvalue weighted by molar-refractivity contribution is 5.45. The van der Waals surface area contributed by atoms with E-state index in [1.807, 2.05) is 24.3 Å². The smallest absolute Gasteiger partial charge is 0.269 e. The summed E-state index contributed by atoms with van der Waals surface area (Å²) >= 11 is 0. The highest BCUT2D eigenvalue weighted by atomic mass is 16.6. The summed E-state index contributed by atoms with van der Waals surface area (Å²) in [4.78, 5) is 10.3. The molecule has 20 heavy (non-hydrogen) atoms. The average molecular weight is 272 g/mol. The second-order valence-corrected chi connectivity index (χ2v) is 4.49. The third kappa shape index (κ3) is 3.33. The Morgan fingerprint density at radius 2 is 1.90 bits per heavy atom. The Hall–Kier alpha value is -2.40. The molecule has 0 aliphatic heterocycles. The number of nitrogens with two attached hydrogens (primary N) is 1. The summed E-state index contributed by atoms with van der Waals surface area (Å²) < 4.78 is 5.72. The van der Waals surface area contributed by atoms with Crippen LogP contribution in [-0.2, 0) is 6.42 Å². The van der Waals surface area contributed by atoms with Crippen LogP contribution in [0, 0.1) is 17.0 Å². The third-order valence-corrected chi connectivity index (χ3v) is 2.95. The number of hydrogen-bond acceptors (Lipinski definition) is 4. The number of ether oxygens (including phenoxy) is 1. The van der Waals surface area contributed by atoms with Crippen molar-refractivity contribution in [2.45, 2.75) is 13.3 Å². The molecule has 0 bridgehead atoms. The summed E-state index contributed by atoms with van der Waals surface area (Å²) in [6.45, 7) is 2.40. The van der Waals surface area contributed by atoms with Gasteiger partial charge in [-0.25, -0.2) is 0 Å². The topological polar surface area (TPSA) is 78.4 Å². The van der Waals surface area contributed by atoms with Crippen molar-refractivity contribution in [1.29, 1.82) is 0 Å². The first-order valence-electron chi connectivity index (χ1n) is 6.32. The van der Waals surface area contributed by atoms with Crippen LogP contribution >= 0.6 is 0 Å². The van der Waals surface area contributed by atoms with Crippen LogP contribution in [-0.4, -0.2) is 11.5 Å². The van der Waals surface area contributed by atoms with Crippen molar-refractivity contribution in [3.8, 4) is 11.5 Å². The minimum absolute atomic E-state index is 0.0631. The van der Waals surface area contributed by atoms with E-state index < -0.39 is 4.92 Å². The molecule has 2 N–H and O–H groups in total. The molecular weight excluding hydrogens is 256 g/mol. The molecule has 0 fully saturated rings. The SMILES string of the molecule is Cc1cc([N+](=O)[O-])ccc1Oc1ccc(CCN)cc1. The van der Waals surface area contributed by atoms with Crippen LogP contribution in [0.5, 0.6) is 11.5 Å². The fourth-order valence-corrected chi connectivity index (χ4v) is 1.88. The summed E-state index contributed by atoms with van der Waals surface area (Å²) in [6, 6.07) is 12.2. The summed E-state index contributed by atoms with van der Waals surface area (Å²) in [5, 5.41) is 10.7. The Morgan fingerprint density at radius 3 is 2.45 bits per heavy atom. The largest absolute Gasteiger partial charge is 0.457 e. The summed E-state index contributed by atoms with van der Waals surface area (Å²) in [5.41, 5.74) is 7.44. The molecule has 0 spiro atoms. The zero-order chi connectivity index (χ0) is 14.5. The Kier molecular flexibility index (Phi) is 4.32. The number of non-ortho nitro benzene ring substituents is 1. The molecule has 2 aromatic rings. The van der Waals surface area contributed by atoms with E-state index in [0.29, 0.717) is 18.0 Å². The lowest BCUT2D eigenvalue weighted by molar-refractivity contribution is -0.384. The van der Waals surface area contributed by atoms with E-state index in [9.17, 15) is 10.1 Å². The monoisotopic (exact) mass is 272 g/mol. The number of nitro benzene ring substituents is 1. The minimum Gasteiger partial charge on any atom is -0.457 e. The minimum atomic E-state index is -0.418. The molecule has 0 aromatic heterocycles. The number of nitrogens with zero attached hydrogens (tertiary/aromatic N) is 1. The van der Waals surface area contributed by atoms with Crippen molar-refractivity contribution < 1.29 is 9.66 Å². The number of aryl methyl sites for hydroxylation is 1. The van der Waals surface area contributed by atoms with Gasteiger partial charge in [-0.15, -0.1) is 0 Å². The van der Waals surface area contributed by atoms with Gasteiger partial charge in [0.05, 0.1) is 4.92 Å². The molecule has 0 saturated heterocycles. The zero-order valence-electron chi connectivity index (χ0n) is 11.2. The van der Waals surface area contributed by atoms with E-state index in [2.05, 4.69) is 0 Å². The molecule has 0 saturated carbocycles. The lowest BCUT2D eigenvalue weighted by Crippen LogP contribution is -2.02. The fourth-order valence-electron chi connectivity index (χ4n) is 1.88. The lowest BCUT2D eigenvalue weighted by atomic mass is 10.1. The molecule has 2 rings (SSSR count). The van der Waals surface area contributed by atoms with Crippen molar-refractivity contribution in [2.75, 3.05) is 6.54 Å². The summed E-state index contributed by atoms with van der Waals surface area (Å²) in [5.74, 6) is 1.31. The molecule has 5 nitrogen and oxygen atoms in total. The van der Waals surface area contributed by atoms with Gasteiger partial charge in [0, 0.05) is 12.1 Å². The Balaban J connectivity index is 2.15.